The molecule has 3 aliphatic rings. The molecule has 3 aliphatic heterocycles. The van der Waals surface area contributed by atoms with Gasteiger partial charge in [0, 0.05) is 56.1 Å². The van der Waals surface area contributed by atoms with E-state index in [4.69, 9.17) is 0 Å². The van der Waals surface area contributed by atoms with Gasteiger partial charge in [-0.2, -0.15) is 13.2 Å². The number of pyridine rings is 1. The summed E-state index contributed by atoms with van der Waals surface area (Å²) in [6.45, 7) is 2.60. The first kappa shape index (κ1) is 26.5. The zero-order valence-electron chi connectivity index (χ0n) is 22.8. The topological polar surface area (TPSA) is 74.9 Å². The van der Waals surface area contributed by atoms with Crippen molar-refractivity contribution in [3.8, 4) is 0 Å². The van der Waals surface area contributed by atoms with Crippen LogP contribution in [0.25, 0.3) is 27.8 Å². The number of Topliss-reactive ketones (excluding diaryl/α,β-unsaturated/α-hetero) is 1. The molecule has 3 aromatic heterocycles. The van der Waals surface area contributed by atoms with Gasteiger partial charge in [0.15, 0.2) is 5.78 Å². The van der Waals surface area contributed by atoms with Crippen LogP contribution < -0.4 is 5.32 Å². The van der Waals surface area contributed by atoms with Crippen LogP contribution in [0.2, 0.25) is 0 Å². The molecule has 218 valence electrons. The molecule has 12 heteroatoms. The molecular weight excluding hydrogens is 552 g/mol. The number of amides is 2. The Morgan fingerprint density at radius 3 is 2.62 bits per heavy atom. The summed E-state index contributed by atoms with van der Waals surface area (Å²) in [5.74, 6) is -0.229. The van der Waals surface area contributed by atoms with Gasteiger partial charge in [-0.15, -0.1) is 0 Å². The number of fused-ring (bicyclic) bond motifs is 1. The molecule has 0 saturated carbocycles. The zero-order chi connectivity index (χ0) is 29.4. The first-order valence-electron chi connectivity index (χ1n) is 13.9. The maximum absolute atomic E-state index is 14.4. The first-order chi connectivity index (χ1) is 20.0. The van der Waals surface area contributed by atoms with Gasteiger partial charge in [0.25, 0.3) is 0 Å². The predicted molar refractivity (Wildman–Crippen MR) is 148 cm³/mol. The number of hydrogen-bond donors (Lipinski definition) is 1. The van der Waals surface area contributed by atoms with Crippen molar-refractivity contribution in [3.63, 3.8) is 0 Å². The van der Waals surface area contributed by atoms with Crippen molar-refractivity contribution >= 4 is 39.6 Å². The van der Waals surface area contributed by atoms with Crippen molar-refractivity contribution < 1.29 is 27.2 Å². The van der Waals surface area contributed by atoms with Gasteiger partial charge in [-0.25, -0.2) is 14.2 Å². The van der Waals surface area contributed by atoms with E-state index in [1.807, 2.05) is 33.4 Å². The fourth-order valence-electron chi connectivity index (χ4n) is 6.34. The third-order valence-corrected chi connectivity index (χ3v) is 8.59. The molecule has 1 N–H and O–H groups in total. The minimum absolute atomic E-state index is 0.0132. The Kier molecular flexibility index (Phi) is 5.90. The average molecular weight is 581 g/mol. The SMILES string of the molecule is CC1(F)CCN(C(=O)N2CCn3cc(C4=C(c5cnc6ccccn56)NCC4=O)c4cc(C(F)(F)F)cc(c43)C2)CC1. The van der Waals surface area contributed by atoms with Crippen molar-refractivity contribution in [2.75, 3.05) is 26.2 Å². The largest absolute Gasteiger partial charge is 0.416 e. The molecule has 0 spiro atoms. The van der Waals surface area contributed by atoms with Crippen molar-refractivity contribution in [2.24, 2.45) is 0 Å². The van der Waals surface area contributed by atoms with Gasteiger partial charge in [-0.3, -0.25) is 9.20 Å². The highest BCUT2D eigenvalue weighted by Crippen LogP contribution is 2.41. The maximum Gasteiger partial charge on any atom is 0.416 e. The summed E-state index contributed by atoms with van der Waals surface area (Å²) in [5, 5.41) is 3.45. The number of nitrogens with one attached hydrogen (secondary N) is 1. The van der Waals surface area contributed by atoms with Crippen molar-refractivity contribution in [3.05, 3.63) is 71.3 Å². The van der Waals surface area contributed by atoms with Crippen LogP contribution in [0, 0.1) is 0 Å². The van der Waals surface area contributed by atoms with Gasteiger partial charge in [0.1, 0.15) is 11.3 Å². The number of urea groups is 1. The molecule has 0 unspecified atom stereocenters. The molecule has 7 rings (SSSR count). The number of alkyl halides is 4. The highest BCUT2D eigenvalue weighted by Gasteiger charge is 2.37. The molecule has 0 radical (unpaired) electrons. The van der Waals surface area contributed by atoms with Crippen LogP contribution in [0.1, 0.15) is 42.1 Å². The van der Waals surface area contributed by atoms with E-state index in [-0.39, 0.29) is 57.4 Å². The van der Waals surface area contributed by atoms with Crippen LogP contribution in [0.4, 0.5) is 22.4 Å². The molecule has 4 aromatic rings. The molecule has 2 amide bonds. The van der Waals surface area contributed by atoms with E-state index in [0.717, 1.165) is 12.1 Å². The number of carbonyl (C=O) groups is 2. The summed E-state index contributed by atoms with van der Waals surface area (Å²) in [7, 11) is 0. The van der Waals surface area contributed by atoms with E-state index in [2.05, 4.69) is 10.3 Å². The van der Waals surface area contributed by atoms with Crippen LogP contribution in [-0.4, -0.2) is 67.4 Å². The number of imidazole rings is 1. The van der Waals surface area contributed by atoms with E-state index < -0.39 is 17.4 Å². The minimum Gasteiger partial charge on any atom is -0.375 e. The Morgan fingerprint density at radius 1 is 1.07 bits per heavy atom. The number of piperidine rings is 1. The monoisotopic (exact) mass is 580 g/mol. The fourth-order valence-corrected chi connectivity index (χ4v) is 6.34. The third-order valence-electron chi connectivity index (χ3n) is 8.59. The summed E-state index contributed by atoms with van der Waals surface area (Å²) in [4.78, 5) is 34.3. The van der Waals surface area contributed by atoms with Gasteiger partial charge < -0.3 is 19.7 Å². The molecule has 6 heterocycles. The summed E-state index contributed by atoms with van der Waals surface area (Å²) < 4.78 is 60.6. The van der Waals surface area contributed by atoms with Crippen LogP contribution in [-0.2, 0) is 24.1 Å². The maximum atomic E-state index is 14.4. The summed E-state index contributed by atoms with van der Waals surface area (Å²) in [6, 6.07) is 7.39. The molecule has 1 aromatic carbocycles. The van der Waals surface area contributed by atoms with E-state index in [1.165, 1.54) is 11.8 Å². The molecule has 0 aliphatic carbocycles. The van der Waals surface area contributed by atoms with Crippen molar-refractivity contribution in [1.82, 2.24) is 29.1 Å². The van der Waals surface area contributed by atoms with Gasteiger partial charge in [-0.05, 0) is 49.6 Å². The van der Waals surface area contributed by atoms with Gasteiger partial charge in [-0.1, -0.05) is 6.07 Å². The second kappa shape index (κ2) is 9.33. The lowest BCUT2D eigenvalue weighted by molar-refractivity contribution is -0.137. The van der Waals surface area contributed by atoms with Crippen LogP contribution in [0.15, 0.2) is 48.9 Å². The van der Waals surface area contributed by atoms with Crippen LogP contribution >= 0.6 is 0 Å². The molecule has 0 atom stereocenters. The first-order valence-corrected chi connectivity index (χ1v) is 13.9. The Bertz CT molecular complexity index is 1790. The van der Waals surface area contributed by atoms with Gasteiger partial charge in [0.2, 0.25) is 0 Å². The standard InChI is InChI=1S/C30H28F4N6O2/c1-29(31)5-8-37(9-6-29)28(42)39-11-10-38-17-21(20-13-19(30(32,33)34)12-18(16-39)27(20)38)25-23(41)15-36-26(25)22-14-35-24-4-2-3-7-40(22)24/h2-4,7,12-14,17,36H,5-6,8-11,15-16H2,1H3. The zero-order valence-corrected chi connectivity index (χ0v) is 22.8. The Hall–Kier alpha value is -4.35. The molecule has 1 fully saturated rings. The summed E-state index contributed by atoms with van der Waals surface area (Å²) in [6.07, 6.45) is 0.976. The number of hydrogen-bond acceptors (Lipinski definition) is 4. The lowest BCUT2D eigenvalue weighted by Gasteiger charge is -2.37. The van der Waals surface area contributed by atoms with E-state index in [1.54, 1.807) is 17.3 Å². The summed E-state index contributed by atoms with van der Waals surface area (Å²) in [5.41, 5.74) is 1.27. The highest BCUT2D eigenvalue weighted by molar-refractivity contribution is 6.33. The van der Waals surface area contributed by atoms with Crippen molar-refractivity contribution in [2.45, 2.75) is 44.7 Å². The van der Waals surface area contributed by atoms with Crippen LogP contribution in [0.5, 0.6) is 0 Å². The molecule has 8 nitrogen and oxygen atoms in total. The number of likely N-dealkylation sites (tertiary alicyclic amines) is 1. The summed E-state index contributed by atoms with van der Waals surface area (Å²) >= 11 is 0. The number of halogens is 4. The second-order valence-electron chi connectivity index (χ2n) is 11.5. The van der Waals surface area contributed by atoms with Gasteiger partial charge in [0.05, 0.1) is 40.8 Å². The average Bonchev–Trinajstić information content (AvgIpc) is 3.60. The van der Waals surface area contributed by atoms with Crippen LogP contribution in [0.3, 0.4) is 0 Å². The minimum atomic E-state index is -4.64. The Labute approximate surface area is 238 Å². The fraction of sp³-hybridized carbons (Fsp3) is 0.367. The molecular formula is C30H28F4N6O2. The molecule has 0 bridgehead atoms. The Balaban J connectivity index is 1.35. The number of rotatable bonds is 2. The van der Waals surface area contributed by atoms with Crippen molar-refractivity contribution in [1.29, 1.82) is 0 Å². The quantitative estimate of drug-likeness (QED) is 0.335. The number of carbonyl (C=O) groups excluding carboxylic acids is 2. The normalized spacial score (nSPS) is 19.1. The predicted octanol–water partition coefficient (Wildman–Crippen LogP) is 5.11. The Morgan fingerprint density at radius 2 is 1.86 bits per heavy atom. The second-order valence-corrected chi connectivity index (χ2v) is 11.5. The van der Waals surface area contributed by atoms with E-state index in [9.17, 15) is 27.2 Å². The number of ketones is 1. The van der Waals surface area contributed by atoms with E-state index >= 15 is 0 Å². The third kappa shape index (κ3) is 4.31. The van der Waals surface area contributed by atoms with Gasteiger partial charge >= 0.3 is 12.2 Å². The molecule has 1 saturated heterocycles. The lowest BCUT2D eigenvalue weighted by atomic mass is 9.96. The lowest BCUT2D eigenvalue weighted by Crippen LogP contribution is -2.49. The highest BCUT2D eigenvalue weighted by atomic mass is 19.4. The number of benzene rings is 1. The number of aromatic nitrogens is 3. The number of nitrogens with zero attached hydrogens (tertiary/aromatic N) is 5. The smallest absolute Gasteiger partial charge is 0.375 e. The molecule has 42 heavy (non-hydrogen) atoms. The van der Waals surface area contributed by atoms with E-state index in [0.29, 0.717) is 51.2 Å².